The van der Waals surface area contributed by atoms with Crippen molar-refractivity contribution in [3.63, 3.8) is 0 Å². The summed E-state index contributed by atoms with van der Waals surface area (Å²) in [6.07, 6.45) is -0.782. The van der Waals surface area contributed by atoms with Crippen molar-refractivity contribution in [2.45, 2.75) is 12.2 Å². The molecule has 2 aromatic carbocycles. The first-order valence-electron chi connectivity index (χ1n) is 9.34. The van der Waals surface area contributed by atoms with Crippen LogP contribution in [0.4, 0.5) is 4.39 Å². The lowest BCUT2D eigenvalue weighted by Crippen LogP contribution is -2.43. The van der Waals surface area contributed by atoms with Gasteiger partial charge in [0, 0.05) is 24.1 Å². The summed E-state index contributed by atoms with van der Waals surface area (Å²) in [7, 11) is 0. The number of hydrogen-bond acceptors (Lipinski definition) is 5. The van der Waals surface area contributed by atoms with E-state index in [-0.39, 0.29) is 30.9 Å². The average molecular weight is 491 g/mol. The van der Waals surface area contributed by atoms with Gasteiger partial charge in [0.25, 0.3) is 0 Å². The summed E-state index contributed by atoms with van der Waals surface area (Å²) in [5.74, 6) is 0.515. The molecule has 1 saturated heterocycles. The SMILES string of the molecule is Cl.OC(COCCOc1ccc(Br)cc1)CN1CCOC(c2cccc(F)c2)C1. The summed E-state index contributed by atoms with van der Waals surface area (Å²) in [5.41, 5.74) is 0.820. The first-order chi connectivity index (χ1) is 13.6. The van der Waals surface area contributed by atoms with Gasteiger partial charge < -0.3 is 19.3 Å². The summed E-state index contributed by atoms with van der Waals surface area (Å²) in [5, 5.41) is 10.2. The molecule has 1 aliphatic rings. The maximum Gasteiger partial charge on any atom is 0.123 e. The van der Waals surface area contributed by atoms with Gasteiger partial charge in [-0.05, 0) is 42.0 Å². The monoisotopic (exact) mass is 489 g/mol. The van der Waals surface area contributed by atoms with Crippen LogP contribution in [0.15, 0.2) is 53.0 Å². The van der Waals surface area contributed by atoms with Gasteiger partial charge >= 0.3 is 0 Å². The van der Waals surface area contributed by atoms with E-state index in [1.807, 2.05) is 30.3 Å². The van der Waals surface area contributed by atoms with Crippen molar-refractivity contribution in [2.24, 2.45) is 0 Å². The molecule has 2 unspecified atom stereocenters. The first-order valence-corrected chi connectivity index (χ1v) is 10.1. The topological polar surface area (TPSA) is 51.2 Å². The number of hydrogen-bond donors (Lipinski definition) is 1. The number of morpholine rings is 1. The van der Waals surface area contributed by atoms with Gasteiger partial charge in [0.2, 0.25) is 0 Å². The molecule has 0 aliphatic carbocycles. The van der Waals surface area contributed by atoms with E-state index in [4.69, 9.17) is 14.2 Å². The van der Waals surface area contributed by atoms with Crippen LogP contribution >= 0.6 is 28.3 Å². The van der Waals surface area contributed by atoms with Crippen LogP contribution in [-0.4, -0.2) is 62.2 Å². The molecule has 5 nitrogen and oxygen atoms in total. The summed E-state index contributed by atoms with van der Waals surface area (Å²) >= 11 is 3.38. The molecule has 0 amide bonds. The van der Waals surface area contributed by atoms with E-state index < -0.39 is 6.10 Å². The molecule has 0 radical (unpaired) electrons. The second kappa shape index (κ2) is 12.5. The molecule has 29 heavy (non-hydrogen) atoms. The number of aliphatic hydroxyl groups excluding tert-OH is 1. The van der Waals surface area contributed by atoms with Crippen molar-refractivity contribution in [2.75, 3.05) is 46.1 Å². The van der Waals surface area contributed by atoms with E-state index in [2.05, 4.69) is 20.8 Å². The number of benzene rings is 2. The minimum Gasteiger partial charge on any atom is -0.491 e. The van der Waals surface area contributed by atoms with Crippen LogP contribution in [0.25, 0.3) is 0 Å². The Hall–Kier alpha value is -1.22. The zero-order chi connectivity index (χ0) is 19.8. The van der Waals surface area contributed by atoms with Gasteiger partial charge in [-0.2, -0.15) is 0 Å². The van der Waals surface area contributed by atoms with Crippen molar-refractivity contribution in [3.05, 3.63) is 64.4 Å². The lowest BCUT2D eigenvalue weighted by Gasteiger charge is -2.34. The van der Waals surface area contributed by atoms with Gasteiger partial charge in [0.1, 0.15) is 18.2 Å². The van der Waals surface area contributed by atoms with E-state index in [0.717, 1.165) is 22.3 Å². The van der Waals surface area contributed by atoms with Crippen LogP contribution in [-0.2, 0) is 9.47 Å². The lowest BCUT2D eigenvalue weighted by atomic mass is 10.1. The number of aliphatic hydroxyl groups is 1. The second-order valence-electron chi connectivity index (χ2n) is 6.71. The van der Waals surface area contributed by atoms with Gasteiger partial charge in [-0.3, -0.25) is 4.90 Å². The Labute approximate surface area is 185 Å². The highest BCUT2D eigenvalue weighted by Gasteiger charge is 2.23. The van der Waals surface area contributed by atoms with Crippen molar-refractivity contribution < 1.29 is 23.7 Å². The van der Waals surface area contributed by atoms with E-state index in [1.54, 1.807) is 6.07 Å². The average Bonchev–Trinajstić information content (AvgIpc) is 2.69. The fraction of sp³-hybridized carbons (Fsp3) is 0.429. The van der Waals surface area contributed by atoms with Gasteiger partial charge in [-0.25, -0.2) is 4.39 Å². The van der Waals surface area contributed by atoms with E-state index >= 15 is 0 Å². The van der Waals surface area contributed by atoms with Crippen molar-refractivity contribution in [1.82, 2.24) is 4.90 Å². The van der Waals surface area contributed by atoms with Crippen molar-refractivity contribution in [1.29, 1.82) is 0 Å². The van der Waals surface area contributed by atoms with E-state index in [0.29, 0.717) is 32.9 Å². The zero-order valence-corrected chi connectivity index (χ0v) is 18.4. The molecule has 2 atom stereocenters. The third kappa shape index (κ3) is 8.20. The highest BCUT2D eigenvalue weighted by atomic mass is 79.9. The molecule has 1 fully saturated rings. The van der Waals surface area contributed by atoms with Gasteiger partial charge in [0.15, 0.2) is 0 Å². The fourth-order valence-corrected chi connectivity index (χ4v) is 3.36. The molecule has 2 aromatic rings. The Morgan fingerprint density at radius 3 is 2.76 bits per heavy atom. The molecule has 160 valence electrons. The first kappa shape index (κ1) is 24.1. The Kier molecular flexibility index (Phi) is 10.3. The third-order valence-electron chi connectivity index (χ3n) is 4.46. The van der Waals surface area contributed by atoms with Crippen LogP contribution in [0, 0.1) is 5.82 Å². The van der Waals surface area contributed by atoms with Gasteiger partial charge in [-0.1, -0.05) is 28.1 Å². The Morgan fingerprint density at radius 2 is 2.00 bits per heavy atom. The predicted octanol–water partition coefficient (Wildman–Crippen LogP) is 3.84. The number of halogens is 3. The molecule has 1 heterocycles. The molecule has 0 saturated carbocycles. The highest BCUT2D eigenvalue weighted by Crippen LogP contribution is 2.23. The summed E-state index contributed by atoms with van der Waals surface area (Å²) in [6, 6.07) is 14.1. The minimum absolute atomic E-state index is 0. The molecule has 3 rings (SSSR count). The Morgan fingerprint density at radius 1 is 1.21 bits per heavy atom. The summed E-state index contributed by atoms with van der Waals surface area (Å²) in [4.78, 5) is 2.12. The maximum absolute atomic E-state index is 13.4. The van der Waals surface area contributed by atoms with Crippen LogP contribution in [0.3, 0.4) is 0 Å². The smallest absolute Gasteiger partial charge is 0.123 e. The van der Waals surface area contributed by atoms with Crippen molar-refractivity contribution in [3.8, 4) is 5.75 Å². The van der Waals surface area contributed by atoms with Crippen LogP contribution in [0.5, 0.6) is 5.75 Å². The van der Waals surface area contributed by atoms with Crippen LogP contribution < -0.4 is 4.74 Å². The number of ether oxygens (including phenoxy) is 3. The number of nitrogens with zero attached hydrogens (tertiary/aromatic N) is 1. The maximum atomic E-state index is 13.4. The molecule has 8 heteroatoms. The van der Waals surface area contributed by atoms with E-state index in [9.17, 15) is 9.50 Å². The van der Waals surface area contributed by atoms with Gasteiger partial charge in [-0.15, -0.1) is 12.4 Å². The third-order valence-corrected chi connectivity index (χ3v) is 4.99. The lowest BCUT2D eigenvalue weighted by molar-refractivity contribution is -0.0535. The molecule has 0 aromatic heterocycles. The number of rotatable bonds is 9. The molecular weight excluding hydrogens is 465 g/mol. The summed E-state index contributed by atoms with van der Waals surface area (Å²) in [6.45, 7) is 3.46. The largest absolute Gasteiger partial charge is 0.491 e. The zero-order valence-electron chi connectivity index (χ0n) is 16.0. The Bertz CT molecular complexity index is 737. The minimum atomic E-state index is -0.598. The molecule has 0 bridgehead atoms. The van der Waals surface area contributed by atoms with Crippen LogP contribution in [0.2, 0.25) is 0 Å². The van der Waals surface area contributed by atoms with Gasteiger partial charge in [0.05, 0.1) is 32.0 Å². The highest BCUT2D eigenvalue weighted by molar-refractivity contribution is 9.10. The quantitative estimate of drug-likeness (QED) is 0.541. The van der Waals surface area contributed by atoms with E-state index in [1.165, 1.54) is 12.1 Å². The second-order valence-corrected chi connectivity index (χ2v) is 7.62. The normalized spacial score (nSPS) is 18.1. The Balaban J connectivity index is 0.00000300. The fourth-order valence-electron chi connectivity index (χ4n) is 3.10. The molecular formula is C21H26BrClFNO4. The summed E-state index contributed by atoms with van der Waals surface area (Å²) < 4.78 is 31.3. The molecule has 0 spiro atoms. The van der Waals surface area contributed by atoms with Crippen LogP contribution in [0.1, 0.15) is 11.7 Å². The molecule has 1 N–H and O–H groups in total. The predicted molar refractivity (Wildman–Crippen MR) is 115 cm³/mol. The number of β-amino-alcohol motifs (C(OH)–C–C–N with tert-alkyl or cyclic N) is 1. The van der Waals surface area contributed by atoms with Crippen molar-refractivity contribution >= 4 is 28.3 Å². The molecule has 1 aliphatic heterocycles. The standard InChI is InChI=1S/C21H25BrFNO4.ClH/c22-17-4-6-20(7-5-17)27-11-10-26-15-19(25)13-24-8-9-28-21(14-24)16-2-1-3-18(23)12-16;/h1-7,12,19,21,25H,8-11,13-15H2;1H.